The van der Waals surface area contributed by atoms with Crippen LogP contribution in [0.2, 0.25) is 0 Å². The number of aldehydes is 1. The number of carbonyl (C=O) groups is 1. The van der Waals surface area contributed by atoms with Crippen molar-refractivity contribution in [1.29, 1.82) is 5.26 Å². The average Bonchev–Trinajstić information content (AvgIpc) is 2.41. The number of nitriles is 1. The van der Waals surface area contributed by atoms with Gasteiger partial charge >= 0.3 is 0 Å². The van der Waals surface area contributed by atoms with Gasteiger partial charge in [0.15, 0.2) is 6.29 Å². The van der Waals surface area contributed by atoms with Crippen molar-refractivity contribution in [3.05, 3.63) is 59.4 Å². The van der Waals surface area contributed by atoms with Gasteiger partial charge in [-0.05, 0) is 42.5 Å². The molecular weight excluding hydrogens is 233 g/mol. The van der Waals surface area contributed by atoms with Gasteiger partial charge in [-0.3, -0.25) is 4.79 Å². The molecule has 88 valence electrons. The Morgan fingerprint density at radius 1 is 1.17 bits per heavy atom. The largest absolute Gasteiger partial charge is 0.457 e. The third kappa shape index (κ3) is 2.53. The highest BCUT2D eigenvalue weighted by Gasteiger charge is 2.06. The summed E-state index contributed by atoms with van der Waals surface area (Å²) in [5, 5.41) is 8.72. The van der Waals surface area contributed by atoms with Crippen LogP contribution in [0, 0.1) is 17.1 Å². The number of benzene rings is 2. The second-order valence-electron chi connectivity index (χ2n) is 3.54. The molecule has 0 aliphatic heterocycles. The van der Waals surface area contributed by atoms with E-state index in [0.29, 0.717) is 23.3 Å². The van der Waals surface area contributed by atoms with E-state index in [4.69, 9.17) is 10.00 Å². The third-order valence-electron chi connectivity index (χ3n) is 2.31. The van der Waals surface area contributed by atoms with Gasteiger partial charge in [0.1, 0.15) is 17.3 Å². The summed E-state index contributed by atoms with van der Waals surface area (Å²) in [5.41, 5.74) is 0.655. The Kier molecular flexibility index (Phi) is 3.35. The maximum absolute atomic E-state index is 12.7. The van der Waals surface area contributed by atoms with Gasteiger partial charge < -0.3 is 4.74 Å². The molecule has 0 heterocycles. The minimum atomic E-state index is -0.363. The lowest BCUT2D eigenvalue weighted by molar-refractivity contribution is 0.112. The van der Waals surface area contributed by atoms with Gasteiger partial charge in [-0.1, -0.05) is 0 Å². The standard InChI is InChI=1S/C14H8FNO2/c15-12-2-4-13(5-3-12)18-14-6-1-10(8-16)7-11(14)9-17/h1-7,9H. The molecule has 0 atom stereocenters. The van der Waals surface area contributed by atoms with E-state index in [-0.39, 0.29) is 11.4 Å². The molecule has 0 unspecified atom stereocenters. The van der Waals surface area contributed by atoms with Crippen molar-refractivity contribution in [2.24, 2.45) is 0 Å². The maximum atomic E-state index is 12.7. The summed E-state index contributed by atoms with van der Waals surface area (Å²) < 4.78 is 18.2. The molecule has 0 bridgehead atoms. The fourth-order valence-corrected chi connectivity index (χ4v) is 1.43. The summed E-state index contributed by atoms with van der Waals surface area (Å²) in [7, 11) is 0. The zero-order valence-electron chi connectivity index (χ0n) is 9.26. The molecule has 0 amide bonds. The molecule has 0 aliphatic carbocycles. The lowest BCUT2D eigenvalue weighted by Crippen LogP contribution is -1.91. The zero-order valence-corrected chi connectivity index (χ0v) is 9.26. The van der Waals surface area contributed by atoms with Crippen molar-refractivity contribution in [2.75, 3.05) is 0 Å². The Labute approximate surface area is 103 Å². The molecule has 18 heavy (non-hydrogen) atoms. The first-order chi connectivity index (χ1) is 8.72. The Bertz CT molecular complexity index is 615. The molecule has 0 saturated carbocycles. The van der Waals surface area contributed by atoms with Crippen LogP contribution in [-0.2, 0) is 0 Å². The fraction of sp³-hybridized carbons (Fsp3) is 0. The van der Waals surface area contributed by atoms with Crippen LogP contribution < -0.4 is 4.74 Å². The lowest BCUT2D eigenvalue weighted by Gasteiger charge is -2.07. The fourth-order valence-electron chi connectivity index (χ4n) is 1.43. The van der Waals surface area contributed by atoms with E-state index in [1.54, 1.807) is 6.07 Å². The topological polar surface area (TPSA) is 50.1 Å². The molecule has 4 heteroatoms. The van der Waals surface area contributed by atoms with E-state index in [1.807, 2.05) is 6.07 Å². The highest BCUT2D eigenvalue weighted by atomic mass is 19.1. The molecule has 0 saturated heterocycles. The number of rotatable bonds is 3. The number of ether oxygens (including phenoxy) is 1. The second kappa shape index (κ2) is 5.11. The molecule has 0 aromatic heterocycles. The Morgan fingerprint density at radius 2 is 1.89 bits per heavy atom. The third-order valence-corrected chi connectivity index (χ3v) is 2.31. The zero-order chi connectivity index (χ0) is 13.0. The maximum Gasteiger partial charge on any atom is 0.153 e. The number of carbonyl (C=O) groups excluding carboxylic acids is 1. The molecule has 3 nitrogen and oxygen atoms in total. The van der Waals surface area contributed by atoms with E-state index in [2.05, 4.69) is 0 Å². The second-order valence-corrected chi connectivity index (χ2v) is 3.54. The van der Waals surface area contributed by atoms with E-state index < -0.39 is 0 Å². The van der Waals surface area contributed by atoms with Crippen LogP contribution in [0.5, 0.6) is 11.5 Å². The quantitative estimate of drug-likeness (QED) is 0.774. The van der Waals surface area contributed by atoms with Crippen LogP contribution in [0.25, 0.3) is 0 Å². The summed E-state index contributed by atoms with van der Waals surface area (Å²) >= 11 is 0. The minimum absolute atomic E-state index is 0.276. The van der Waals surface area contributed by atoms with Gasteiger partial charge in [-0.15, -0.1) is 0 Å². The lowest BCUT2D eigenvalue weighted by atomic mass is 10.1. The number of hydrogen-bond donors (Lipinski definition) is 0. The molecule has 2 aromatic rings. The predicted molar refractivity (Wildman–Crippen MR) is 63.0 cm³/mol. The Morgan fingerprint density at radius 3 is 2.50 bits per heavy atom. The number of nitrogens with zero attached hydrogens (tertiary/aromatic N) is 1. The van der Waals surface area contributed by atoms with Crippen molar-refractivity contribution in [3.63, 3.8) is 0 Å². The Balaban J connectivity index is 2.31. The van der Waals surface area contributed by atoms with Gasteiger partial charge in [0, 0.05) is 0 Å². The number of hydrogen-bond acceptors (Lipinski definition) is 3. The van der Waals surface area contributed by atoms with Crippen LogP contribution in [0.15, 0.2) is 42.5 Å². The molecule has 0 radical (unpaired) electrons. The summed E-state index contributed by atoms with van der Waals surface area (Å²) in [6.07, 6.45) is 0.611. The van der Waals surface area contributed by atoms with Crippen LogP contribution in [0.4, 0.5) is 4.39 Å². The van der Waals surface area contributed by atoms with Crippen LogP contribution >= 0.6 is 0 Å². The van der Waals surface area contributed by atoms with E-state index >= 15 is 0 Å². The van der Waals surface area contributed by atoms with Gasteiger partial charge in [-0.25, -0.2) is 4.39 Å². The monoisotopic (exact) mass is 241 g/mol. The molecule has 0 aliphatic rings. The summed E-state index contributed by atoms with van der Waals surface area (Å²) in [6, 6.07) is 11.9. The molecule has 2 rings (SSSR count). The van der Waals surface area contributed by atoms with Crippen LogP contribution in [-0.4, -0.2) is 6.29 Å². The predicted octanol–water partition coefficient (Wildman–Crippen LogP) is 3.30. The summed E-state index contributed by atoms with van der Waals surface area (Å²) in [4.78, 5) is 10.9. The van der Waals surface area contributed by atoms with Crippen molar-refractivity contribution in [3.8, 4) is 17.6 Å². The SMILES string of the molecule is N#Cc1ccc(Oc2ccc(F)cc2)c(C=O)c1. The first-order valence-corrected chi connectivity index (χ1v) is 5.15. The van der Waals surface area contributed by atoms with Gasteiger partial charge in [0.2, 0.25) is 0 Å². The normalized spacial score (nSPS) is 9.56. The summed E-state index contributed by atoms with van der Waals surface area (Å²) in [6.45, 7) is 0. The highest BCUT2D eigenvalue weighted by Crippen LogP contribution is 2.25. The van der Waals surface area contributed by atoms with Crippen LogP contribution in [0.1, 0.15) is 15.9 Å². The first kappa shape index (κ1) is 11.8. The molecule has 0 N–H and O–H groups in total. The van der Waals surface area contributed by atoms with Crippen molar-refractivity contribution < 1.29 is 13.9 Å². The van der Waals surface area contributed by atoms with E-state index in [0.717, 1.165) is 0 Å². The van der Waals surface area contributed by atoms with E-state index in [9.17, 15) is 9.18 Å². The van der Waals surface area contributed by atoms with Crippen molar-refractivity contribution >= 4 is 6.29 Å². The molecule has 2 aromatic carbocycles. The van der Waals surface area contributed by atoms with Crippen LogP contribution in [0.3, 0.4) is 0 Å². The highest BCUT2D eigenvalue weighted by molar-refractivity contribution is 5.80. The minimum Gasteiger partial charge on any atom is -0.457 e. The Hall–Kier alpha value is -2.67. The van der Waals surface area contributed by atoms with Gasteiger partial charge in [-0.2, -0.15) is 5.26 Å². The van der Waals surface area contributed by atoms with Crippen molar-refractivity contribution in [2.45, 2.75) is 0 Å². The molecular formula is C14H8FNO2. The average molecular weight is 241 g/mol. The van der Waals surface area contributed by atoms with Gasteiger partial charge in [0.05, 0.1) is 17.2 Å². The van der Waals surface area contributed by atoms with Crippen molar-refractivity contribution in [1.82, 2.24) is 0 Å². The molecule has 0 spiro atoms. The molecule has 0 fully saturated rings. The van der Waals surface area contributed by atoms with E-state index in [1.165, 1.54) is 36.4 Å². The smallest absolute Gasteiger partial charge is 0.153 e. The first-order valence-electron chi connectivity index (χ1n) is 5.15. The number of halogens is 1. The summed E-state index contributed by atoms with van der Waals surface area (Å²) in [5.74, 6) is 0.387. The van der Waals surface area contributed by atoms with Gasteiger partial charge in [0.25, 0.3) is 0 Å².